The second-order valence-electron chi connectivity index (χ2n) is 3.98. The van der Waals surface area contributed by atoms with E-state index in [4.69, 9.17) is 23.2 Å². The standard InChI is InChI=1S/C13H11Cl2N3O/c1-8-4-13(19)18-12(17-8)7-16-6-9-2-3-10(14)11(15)5-9/h2-6H,7H2,1H3,(H,17,18,19). The van der Waals surface area contributed by atoms with Crippen molar-refractivity contribution in [3.63, 3.8) is 0 Å². The molecule has 0 bridgehead atoms. The number of benzene rings is 1. The van der Waals surface area contributed by atoms with Gasteiger partial charge in [-0.3, -0.25) is 9.79 Å². The fourth-order valence-corrected chi connectivity index (χ4v) is 1.85. The van der Waals surface area contributed by atoms with Crippen molar-refractivity contribution >= 4 is 29.4 Å². The fraction of sp³-hybridized carbons (Fsp3) is 0.154. The molecule has 6 heteroatoms. The lowest BCUT2D eigenvalue weighted by Gasteiger charge is -1.99. The summed E-state index contributed by atoms with van der Waals surface area (Å²) >= 11 is 11.7. The topological polar surface area (TPSA) is 58.1 Å². The summed E-state index contributed by atoms with van der Waals surface area (Å²) in [6, 6.07) is 6.67. The molecule has 0 spiro atoms. The first-order chi connectivity index (χ1) is 9.04. The summed E-state index contributed by atoms with van der Waals surface area (Å²) in [7, 11) is 0. The first kappa shape index (κ1) is 13.8. The average molecular weight is 296 g/mol. The van der Waals surface area contributed by atoms with E-state index in [1.165, 1.54) is 6.07 Å². The Kier molecular flexibility index (Phi) is 4.35. The number of rotatable bonds is 3. The first-order valence-corrected chi connectivity index (χ1v) is 6.32. The Morgan fingerprint density at radius 3 is 2.79 bits per heavy atom. The Morgan fingerprint density at radius 2 is 2.11 bits per heavy atom. The van der Waals surface area contributed by atoms with Crippen molar-refractivity contribution in [2.75, 3.05) is 0 Å². The van der Waals surface area contributed by atoms with Gasteiger partial charge in [0.25, 0.3) is 5.56 Å². The maximum atomic E-state index is 11.2. The van der Waals surface area contributed by atoms with E-state index < -0.39 is 0 Å². The quantitative estimate of drug-likeness (QED) is 0.885. The second kappa shape index (κ2) is 5.99. The molecule has 0 aliphatic heterocycles. The fourth-order valence-electron chi connectivity index (χ4n) is 1.55. The maximum Gasteiger partial charge on any atom is 0.251 e. The Hall–Kier alpha value is -1.65. The predicted octanol–water partition coefficient (Wildman–Crippen LogP) is 3.00. The van der Waals surface area contributed by atoms with Crippen LogP contribution in [0.3, 0.4) is 0 Å². The minimum atomic E-state index is -0.174. The molecule has 1 N–H and O–H groups in total. The van der Waals surface area contributed by atoms with Gasteiger partial charge < -0.3 is 4.98 Å². The number of halogens is 2. The van der Waals surface area contributed by atoms with Crippen LogP contribution in [-0.4, -0.2) is 16.2 Å². The van der Waals surface area contributed by atoms with E-state index in [1.807, 2.05) is 6.07 Å². The highest BCUT2D eigenvalue weighted by Crippen LogP contribution is 2.21. The smallest absolute Gasteiger partial charge is 0.251 e. The zero-order chi connectivity index (χ0) is 13.8. The third kappa shape index (κ3) is 3.91. The molecule has 19 heavy (non-hydrogen) atoms. The molecule has 0 saturated carbocycles. The molecule has 1 heterocycles. The number of aromatic amines is 1. The van der Waals surface area contributed by atoms with Gasteiger partial charge in [0.15, 0.2) is 0 Å². The molecule has 0 unspecified atom stereocenters. The normalized spacial score (nSPS) is 11.1. The van der Waals surface area contributed by atoms with Crippen LogP contribution in [0, 0.1) is 6.92 Å². The van der Waals surface area contributed by atoms with Crippen LogP contribution in [-0.2, 0) is 6.54 Å². The number of hydrogen-bond donors (Lipinski definition) is 1. The van der Waals surface area contributed by atoms with Gasteiger partial charge in [-0.2, -0.15) is 0 Å². The first-order valence-electron chi connectivity index (χ1n) is 5.56. The van der Waals surface area contributed by atoms with Gasteiger partial charge in [-0.05, 0) is 24.6 Å². The van der Waals surface area contributed by atoms with Gasteiger partial charge in [-0.25, -0.2) is 4.98 Å². The minimum absolute atomic E-state index is 0.174. The number of hydrogen-bond acceptors (Lipinski definition) is 3. The van der Waals surface area contributed by atoms with E-state index in [0.717, 1.165) is 5.56 Å². The van der Waals surface area contributed by atoms with Crippen LogP contribution in [0.25, 0.3) is 0 Å². The maximum absolute atomic E-state index is 11.2. The third-order valence-corrected chi connectivity index (χ3v) is 3.08. The number of aliphatic imine (C=N–C) groups is 1. The number of aromatic nitrogens is 2. The van der Waals surface area contributed by atoms with E-state index in [-0.39, 0.29) is 5.56 Å². The Labute approximate surface area is 120 Å². The molecular formula is C13H11Cl2N3O. The highest BCUT2D eigenvalue weighted by Gasteiger charge is 1.98. The largest absolute Gasteiger partial charge is 0.309 e. The lowest BCUT2D eigenvalue weighted by Crippen LogP contribution is -2.10. The lowest BCUT2D eigenvalue weighted by atomic mass is 10.2. The molecule has 0 amide bonds. The van der Waals surface area contributed by atoms with Gasteiger partial charge >= 0.3 is 0 Å². The van der Waals surface area contributed by atoms with Gasteiger partial charge in [0, 0.05) is 18.0 Å². The van der Waals surface area contributed by atoms with E-state index in [2.05, 4.69) is 15.0 Å². The number of nitrogens with one attached hydrogen (secondary N) is 1. The summed E-state index contributed by atoms with van der Waals surface area (Å²) in [6.07, 6.45) is 1.66. The van der Waals surface area contributed by atoms with Gasteiger partial charge in [0.1, 0.15) is 5.82 Å². The van der Waals surface area contributed by atoms with E-state index in [9.17, 15) is 4.79 Å². The average Bonchev–Trinajstić information content (AvgIpc) is 2.32. The Balaban J connectivity index is 2.11. The SMILES string of the molecule is Cc1cc(=O)[nH]c(CN=Cc2ccc(Cl)c(Cl)c2)n1. The van der Waals surface area contributed by atoms with Gasteiger partial charge in [0.2, 0.25) is 0 Å². The molecule has 0 aliphatic rings. The van der Waals surface area contributed by atoms with Crippen molar-refractivity contribution in [3.05, 3.63) is 61.7 Å². The van der Waals surface area contributed by atoms with Gasteiger partial charge in [-0.15, -0.1) is 0 Å². The van der Waals surface area contributed by atoms with Crippen molar-refractivity contribution in [3.8, 4) is 0 Å². The van der Waals surface area contributed by atoms with Crippen LogP contribution in [0.1, 0.15) is 17.1 Å². The van der Waals surface area contributed by atoms with Crippen molar-refractivity contribution < 1.29 is 0 Å². The number of nitrogens with zero attached hydrogens (tertiary/aromatic N) is 2. The number of aryl methyl sites for hydroxylation is 1. The van der Waals surface area contributed by atoms with Crippen molar-refractivity contribution in [2.24, 2.45) is 4.99 Å². The summed E-state index contributed by atoms with van der Waals surface area (Å²) in [5.41, 5.74) is 1.33. The van der Waals surface area contributed by atoms with Gasteiger partial charge in [-0.1, -0.05) is 29.3 Å². The Bertz CT molecular complexity index is 680. The molecular weight excluding hydrogens is 285 g/mol. The zero-order valence-electron chi connectivity index (χ0n) is 10.2. The van der Waals surface area contributed by atoms with E-state index >= 15 is 0 Å². The summed E-state index contributed by atoms with van der Waals surface area (Å²) in [5, 5.41) is 0.983. The van der Waals surface area contributed by atoms with E-state index in [1.54, 1.807) is 25.3 Å². The molecule has 0 saturated heterocycles. The highest BCUT2D eigenvalue weighted by atomic mass is 35.5. The van der Waals surface area contributed by atoms with Crippen LogP contribution < -0.4 is 5.56 Å². The van der Waals surface area contributed by atoms with Crippen molar-refractivity contribution in [2.45, 2.75) is 13.5 Å². The van der Waals surface area contributed by atoms with Crippen LogP contribution in [0.4, 0.5) is 0 Å². The molecule has 0 fully saturated rings. The Morgan fingerprint density at radius 1 is 1.32 bits per heavy atom. The van der Waals surface area contributed by atoms with E-state index in [0.29, 0.717) is 28.1 Å². The second-order valence-corrected chi connectivity index (χ2v) is 4.79. The minimum Gasteiger partial charge on any atom is -0.309 e. The summed E-state index contributed by atoms with van der Waals surface area (Å²) in [5.74, 6) is 0.529. The molecule has 4 nitrogen and oxygen atoms in total. The molecule has 1 aromatic carbocycles. The molecule has 2 aromatic rings. The molecule has 1 aromatic heterocycles. The summed E-state index contributed by atoms with van der Waals surface area (Å²) in [4.78, 5) is 22.3. The summed E-state index contributed by atoms with van der Waals surface area (Å²) < 4.78 is 0. The van der Waals surface area contributed by atoms with Crippen LogP contribution in [0.2, 0.25) is 10.0 Å². The monoisotopic (exact) mass is 295 g/mol. The van der Waals surface area contributed by atoms with Crippen molar-refractivity contribution in [1.82, 2.24) is 9.97 Å². The lowest BCUT2D eigenvalue weighted by molar-refractivity contribution is 0.878. The number of H-pyrrole nitrogens is 1. The molecule has 0 atom stereocenters. The van der Waals surface area contributed by atoms with Gasteiger partial charge in [0.05, 0.1) is 16.6 Å². The van der Waals surface area contributed by atoms with Crippen molar-refractivity contribution in [1.29, 1.82) is 0 Å². The molecule has 2 rings (SSSR count). The summed E-state index contributed by atoms with van der Waals surface area (Å²) in [6.45, 7) is 2.07. The molecule has 98 valence electrons. The molecule has 0 aliphatic carbocycles. The highest BCUT2D eigenvalue weighted by molar-refractivity contribution is 6.42. The van der Waals surface area contributed by atoms with Crippen LogP contribution in [0.15, 0.2) is 34.1 Å². The van der Waals surface area contributed by atoms with Crippen LogP contribution >= 0.6 is 23.2 Å². The third-order valence-electron chi connectivity index (χ3n) is 2.34. The zero-order valence-corrected chi connectivity index (χ0v) is 11.7. The predicted molar refractivity (Wildman–Crippen MR) is 77.4 cm³/mol. The molecule has 0 radical (unpaired) electrons. The van der Waals surface area contributed by atoms with Crippen LogP contribution in [0.5, 0.6) is 0 Å².